The molecule has 0 spiro atoms. The number of carbonyl (C=O) groups excluding carboxylic acids is 1. The predicted octanol–water partition coefficient (Wildman–Crippen LogP) is 3.64. The van der Waals surface area contributed by atoms with Gasteiger partial charge < -0.3 is 16.2 Å². The Bertz CT molecular complexity index is 1300. The molecule has 2 aromatic carbocycles. The number of aryl methyl sites for hydroxylation is 2. The fourth-order valence-corrected chi connectivity index (χ4v) is 3.76. The van der Waals surface area contributed by atoms with Gasteiger partial charge >= 0.3 is 0 Å². The number of pyridine rings is 1. The zero-order valence-electron chi connectivity index (χ0n) is 18.3. The van der Waals surface area contributed by atoms with Crippen LogP contribution in [0.2, 0.25) is 0 Å². The van der Waals surface area contributed by atoms with Crippen LogP contribution in [0.25, 0.3) is 22.3 Å². The third-order valence-corrected chi connectivity index (χ3v) is 5.46. The van der Waals surface area contributed by atoms with Crippen LogP contribution in [-0.4, -0.2) is 32.4 Å². The number of carbonyl (C=O) groups is 1. The van der Waals surface area contributed by atoms with E-state index < -0.39 is 17.8 Å². The molecular formula is C25H24FN5O2. The van der Waals surface area contributed by atoms with E-state index in [2.05, 4.69) is 15.4 Å². The monoisotopic (exact) mass is 445 g/mol. The average molecular weight is 445 g/mol. The molecule has 33 heavy (non-hydrogen) atoms. The van der Waals surface area contributed by atoms with Crippen molar-refractivity contribution < 1.29 is 14.3 Å². The van der Waals surface area contributed by atoms with Gasteiger partial charge in [-0.3, -0.25) is 9.48 Å². The Morgan fingerprint density at radius 1 is 1.15 bits per heavy atom. The van der Waals surface area contributed by atoms with Crippen LogP contribution in [0.5, 0.6) is 0 Å². The number of aliphatic hydroxyl groups excluding tert-OH is 1. The highest BCUT2D eigenvalue weighted by atomic mass is 19.1. The second kappa shape index (κ2) is 9.22. The van der Waals surface area contributed by atoms with Crippen LogP contribution < -0.4 is 11.1 Å². The molecule has 0 radical (unpaired) electrons. The summed E-state index contributed by atoms with van der Waals surface area (Å²) in [6.07, 6.45) is 3.53. The number of rotatable bonds is 6. The molecule has 0 saturated heterocycles. The van der Waals surface area contributed by atoms with Crippen LogP contribution in [0.1, 0.15) is 27.7 Å². The molecule has 2 aromatic heterocycles. The second-order valence-corrected chi connectivity index (χ2v) is 7.77. The predicted molar refractivity (Wildman–Crippen MR) is 125 cm³/mol. The van der Waals surface area contributed by atoms with Crippen molar-refractivity contribution in [3.8, 4) is 22.3 Å². The van der Waals surface area contributed by atoms with E-state index >= 15 is 0 Å². The number of anilines is 1. The van der Waals surface area contributed by atoms with Crippen molar-refractivity contribution in [1.82, 2.24) is 20.1 Å². The third-order valence-electron chi connectivity index (χ3n) is 5.46. The normalized spacial score (nSPS) is 11.9. The van der Waals surface area contributed by atoms with Crippen molar-refractivity contribution in [1.29, 1.82) is 0 Å². The first-order chi connectivity index (χ1) is 15.9. The highest BCUT2D eigenvalue weighted by molar-refractivity contribution is 5.95. The fourth-order valence-electron chi connectivity index (χ4n) is 3.76. The highest BCUT2D eigenvalue weighted by Crippen LogP contribution is 2.31. The average Bonchev–Trinajstić information content (AvgIpc) is 3.15. The molecule has 7 nitrogen and oxygen atoms in total. The molecule has 4 rings (SSSR count). The number of nitrogens with two attached hydrogens (primary N) is 1. The number of aromatic nitrogens is 3. The third kappa shape index (κ3) is 4.61. The molecule has 0 saturated carbocycles. The Morgan fingerprint density at radius 2 is 1.91 bits per heavy atom. The number of amides is 1. The van der Waals surface area contributed by atoms with Gasteiger partial charge in [-0.15, -0.1) is 0 Å². The van der Waals surface area contributed by atoms with E-state index in [1.54, 1.807) is 41.2 Å². The zero-order chi connectivity index (χ0) is 23.5. The van der Waals surface area contributed by atoms with Gasteiger partial charge in [0.05, 0.1) is 23.9 Å². The van der Waals surface area contributed by atoms with E-state index in [0.717, 1.165) is 22.4 Å². The second-order valence-electron chi connectivity index (χ2n) is 7.77. The minimum Gasteiger partial charge on any atom is -0.394 e. The summed E-state index contributed by atoms with van der Waals surface area (Å²) in [5, 5.41) is 16.7. The smallest absolute Gasteiger partial charge is 0.254 e. The first-order valence-electron chi connectivity index (χ1n) is 10.4. The summed E-state index contributed by atoms with van der Waals surface area (Å²) >= 11 is 0. The molecular weight excluding hydrogens is 421 g/mol. The maximum Gasteiger partial charge on any atom is 0.254 e. The molecule has 0 aliphatic rings. The van der Waals surface area contributed by atoms with Crippen LogP contribution in [0, 0.1) is 12.7 Å². The van der Waals surface area contributed by atoms with Crippen molar-refractivity contribution in [3.63, 3.8) is 0 Å². The van der Waals surface area contributed by atoms with Crippen molar-refractivity contribution in [3.05, 3.63) is 89.6 Å². The van der Waals surface area contributed by atoms with Crippen LogP contribution >= 0.6 is 0 Å². The van der Waals surface area contributed by atoms with E-state index in [4.69, 9.17) is 5.73 Å². The van der Waals surface area contributed by atoms with Crippen LogP contribution in [0.15, 0.2) is 67.0 Å². The van der Waals surface area contributed by atoms with Gasteiger partial charge in [-0.25, -0.2) is 9.37 Å². The summed E-state index contributed by atoms with van der Waals surface area (Å²) in [6, 6.07) is 14.5. The largest absolute Gasteiger partial charge is 0.394 e. The van der Waals surface area contributed by atoms with Gasteiger partial charge in [0.1, 0.15) is 11.6 Å². The van der Waals surface area contributed by atoms with Crippen LogP contribution in [0.3, 0.4) is 0 Å². The van der Waals surface area contributed by atoms with E-state index in [1.807, 2.05) is 32.3 Å². The van der Waals surface area contributed by atoms with Gasteiger partial charge in [0.25, 0.3) is 5.91 Å². The molecule has 0 aliphatic carbocycles. The maximum atomic E-state index is 15.0. The molecule has 4 aromatic rings. The van der Waals surface area contributed by atoms with E-state index in [0.29, 0.717) is 11.1 Å². The van der Waals surface area contributed by atoms with Gasteiger partial charge in [-0.2, -0.15) is 5.10 Å². The molecule has 2 heterocycles. The van der Waals surface area contributed by atoms with Crippen molar-refractivity contribution in [2.45, 2.75) is 13.0 Å². The molecule has 1 unspecified atom stereocenters. The number of aliphatic hydroxyl groups is 1. The van der Waals surface area contributed by atoms with E-state index in [1.165, 1.54) is 12.1 Å². The SMILES string of the molecule is Cc1nn(C)cc1-c1cnc(N)c(-c2ccc(C(=O)NC(CO)c3ccccc3)c(F)c2)c1. The highest BCUT2D eigenvalue weighted by Gasteiger charge is 2.19. The van der Waals surface area contributed by atoms with E-state index in [-0.39, 0.29) is 18.0 Å². The van der Waals surface area contributed by atoms with Gasteiger partial charge in [0.15, 0.2) is 0 Å². The topological polar surface area (TPSA) is 106 Å². The molecule has 4 N–H and O–H groups in total. The first-order valence-corrected chi connectivity index (χ1v) is 10.4. The number of nitrogens with one attached hydrogen (secondary N) is 1. The number of hydrogen-bond acceptors (Lipinski definition) is 5. The Kier molecular flexibility index (Phi) is 6.19. The van der Waals surface area contributed by atoms with Gasteiger partial charge in [-0.05, 0) is 36.2 Å². The molecule has 0 aliphatic heterocycles. The lowest BCUT2D eigenvalue weighted by atomic mass is 9.99. The Hall–Kier alpha value is -4.04. The van der Waals surface area contributed by atoms with Gasteiger partial charge in [-0.1, -0.05) is 36.4 Å². The Morgan fingerprint density at radius 3 is 2.55 bits per heavy atom. The lowest BCUT2D eigenvalue weighted by Gasteiger charge is -2.17. The molecule has 0 fully saturated rings. The zero-order valence-corrected chi connectivity index (χ0v) is 18.3. The summed E-state index contributed by atoms with van der Waals surface area (Å²) in [7, 11) is 1.83. The number of halogens is 1. The van der Waals surface area contributed by atoms with Crippen LogP contribution in [-0.2, 0) is 7.05 Å². The van der Waals surface area contributed by atoms with E-state index in [9.17, 15) is 14.3 Å². The molecule has 0 bridgehead atoms. The Labute approximate surface area is 190 Å². The number of hydrogen-bond donors (Lipinski definition) is 3. The summed E-state index contributed by atoms with van der Waals surface area (Å²) < 4.78 is 16.7. The molecule has 1 atom stereocenters. The summed E-state index contributed by atoms with van der Waals surface area (Å²) in [4.78, 5) is 17.0. The maximum absolute atomic E-state index is 15.0. The van der Waals surface area contributed by atoms with Gasteiger partial charge in [0.2, 0.25) is 0 Å². The lowest BCUT2D eigenvalue weighted by molar-refractivity contribution is 0.0912. The van der Waals surface area contributed by atoms with Gasteiger partial charge in [0, 0.05) is 36.1 Å². The van der Waals surface area contributed by atoms with Crippen molar-refractivity contribution >= 4 is 11.7 Å². The Balaban J connectivity index is 1.62. The van der Waals surface area contributed by atoms with Crippen molar-refractivity contribution in [2.24, 2.45) is 7.05 Å². The molecule has 8 heteroatoms. The quantitative estimate of drug-likeness (QED) is 0.420. The standard InChI is InChI=1S/C25H24FN5O2/c1-15-21(13-31(2)30-15)18-10-20(24(27)28-12-18)17-8-9-19(22(26)11-17)25(33)29-23(14-32)16-6-4-3-5-7-16/h3-13,23,32H,14H2,1-2H3,(H2,27,28)(H,29,33). The fraction of sp³-hybridized carbons (Fsp3) is 0.160. The van der Waals surface area contributed by atoms with Crippen LogP contribution in [0.4, 0.5) is 10.2 Å². The minimum atomic E-state index is -0.697. The number of nitrogen functional groups attached to an aromatic ring is 1. The number of benzene rings is 2. The molecule has 168 valence electrons. The summed E-state index contributed by atoms with van der Waals surface area (Å²) in [5.41, 5.74) is 10.3. The van der Waals surface area contributed by atoms with Crippen molar-refractivity contribution in [2.75, 3.05) is 12.3 Å². The molecule has 1 amide bonds. The summed E-state index contributed by atoms with van der Waals surface area (Å²) in [6.45, 7) is 1.59. The minimum absolute atomic E-state index is 0.126. The summed E-state index contributed by atoms with van der Waals surface area (Å²) in [5.74, 6) is -1.06. The number of nitrogens with zero attached hydrogens (tertiary/aromatic N) is 3. The first kappa shape index (κ1) is 22.2. The lowest BCUT2D eigenvalue weighted by Crippen LogP contribution is -2.31.